The molecule has 0 aliphatic carbocycles. The molecule has 3 amide bonds. The van der Waals surface area contributed by atoms with E-state index in [4.69, 9.17) is 4.74 Å². The molecule has 3 N–H and O–H groups in total. The van der Waals surface area contributed by atoms with Gasteiger partial charge < -0.3 is 20.7 Å². The van der Waals surface area contributed by atoms with E-state index in [1.54, 1.807) is 0 Å². The fourth-order valence-corrected chi connectivity index (χ4v) is 4.98. The topological polar surface area (TPSA) is 157 Å². The van der Waals surface area contributed by atoms with Gasteiger partial charge in [-0.2, -0.15) is 0 Å². The van der Waals surface area contributed by atoms with E-state index < -0.39 is 52.8 Å². The number of esters is 1. The number of cyclic esters (lactones) is 1. The Labute approximate surface area is 249 Å². The molecule has 0 bridgehead atoms. The normalized spacial score (nSPS) is 23.6. The van der Waals surface area contributed by atoms with E-state index >= 15 is 0 Å². The highest BCUT2D eigenvalue weighted by molar-refractivity contribution is 5.94. The standard InChI is InChI=1S/C31H48N4O7/c1-6-8-9-10-11-12-13-21(4)26-19-27(36)33-25(18-23-14-16-24(17-15-23)35(40)41)30(38)32-22(5)29(37)34-28(20(3)7-2)31(39)42-26/h14-17,20-22,25-26,28H,6-13,18-19H2,1-5H3,(H,32,38)(H,33,36)(H,34,37)/t20-,21-,22-,25-,26-,28+/m0/s1. The molecule has 1 saturated heterocycles. The van der Waals surface area contributed by atoms with Crippen LogP contribution in [-0.4, -0.2) is 52.8 Å². The van der Waals surface area contributed by atoms with Crippen LogP contribution >= 0.6 is 0 Å². The minimum Gasteiger partial charge on any atom is -0.460 e. The molecule has 1 heterocycles. The number of carbonyl (C=O) groups excluding carboxylic acids is 4. The number of unbranched alkanes of at least 4 members (excludes halogenated alkanes) is 5. The zero-order valence-electron chi connectivity index (χ0n) is 25.6. The SMILES string of the molecule is CCCCCCCC[C@H](C)[C@@H]1CC(=O)N[C@@H](Cc2ccc([N+](=O)[O-])cc2)C(=O)N[C@@H](C)C(=O)N[C@H]([C@@H](C)CC)C(=O)O1. The quantitative estimate of drug-likeness (QED) is 0.134. The highest BCUT2D eigenvalue weighted by Gasteiger charge is 2.35. The summed E-state index contributed by atoms with van der Waals surface area (Å²) < 4.78 is 5.94. The molecule has 6 atom stereocenters. The second kappa shape index (κ2) is 17.5. The summed E-state index contributed by atoms with van der Waals surface area (Å²) >= 11 is 0. The third-order valence-electron chi connectivity index (χ3n) is 8.06. The number of benzene rings is 1. The van der Waals surface area contributed by atoms with E-state index in [1.807, 2.05) is 20.8 Å². The number of nitro benzene ring substituents is 1. The maximum absolute atomic E-state index is 13.4. The van der Waals surface area contributed by atoms with E-state index in [0.29, 0.717) is 12.0 Å². The highest BCUT2D eigenvalue weighted by atomic mass is 16.6. The van der Waals surface area contributed by atoms with Crippen LogP contribution in [-0.2, 0) is 30.3 Å². The Bertz CT molecular complexity index is 1060. The summed E-state index contributed by atoms with van der Waals surface area (Å²) in [5.74, 6) is -2.52. The van der Waals surface area contributed by atoms with Gasteiger partial charge in [-0.05, 0) is 30.7 Å². The van der Waals surface area contributed by atoms with Crippen molar-refractivity contribution in [1.29, 1.82) is 0 Å². The summed E-state index contributed by atoms with van der Waals surface area (Å²) in [7, 11) is 0. The molecule has 1 aliphatic rings. The number of nitro groups is 1. The third-order valence-corrected chi connectivity index (χ3v) is 8.06. The number of ether oxygens (including phenoxy) is 1. The average Bonchev–Trinajstić information content (AvgIpc) is 2.96. The fourth-order valence-electron chi connectivity index (χ4n) is 4.98. The molecule has 1 fully saturated rings. The van der Waals surface area contributed by atoms with Crippen LogP contribution in [0.3, 0.4) is 0 Å². The summed E-state index contributed by atoms with van der Waals surface area (Å²) in [6.07, 6.45) is 7.22. The number of hydrogen-bond donors (Lipinski definition) is 3. The lowest BCUT2D eigenvalue weighted by Crippen LogP contribution is -2.55. The second-order valence-electron chi connectivity index (χ2n) is 11.6. The van der Waals surface area contributed by atoms with Crippen molar-refractivity contribution in [1.82, 2.24) is 16.0 Å². The molecule has 11 heteroatoms. The van der Waals surface area contributed by atoms with Crippen LogP contribution in [0.1, 0.15) is 98.0 Å². The predicted molar refractivity (Wildman–Crippen MR) is 159 cm³/mol. The van der Waals surface area contributed by atoms with Crippen molar-refractivity contribution >= 4 is 29.4 Å². The van der Waals surface area contributed by atoms with Crippen molar-refractivity contribution in [3.05, 3.63) is 39.9 Å². The Hall–Kier alpha value is -3.50. The minimum atomic E-state index is -1.05. The van der Waals surface area contributed by atoms with Gasteiger partial charge in [0.25, 0.3) is 5.69 Å². The smallest absolute Gasteiger partial charge is 0.329 e. The zero-order valence-corrected chi connectivity index (χ0v) is 25.6. The number of rotatable bonds is 13. The first-order chi connectivity index (χ1) is 20.0. The van der Waals surface area contributed by atoms with Crippen molar-refractivity contribution in [3.63, 3.8) is 0 Å². The summed E-state index contributed by atoms with van der Waals surface area (Å²) in [6.45, 7) is 9.38. The van der Waals surface area contributed by atoms with Crippen molar-refractivity contribution in [3.8, 4) is 0 Å². The molecule has 42 heavy (non-hydrogen) atoms. The number of amides is 3. The van der Waals surface area contributed by atoms with Gasteiger partial charge in [0, 0.05) is 18.6 Å². The Balaban J connectivity index is 2.31. The van der Waals surface area contributed by atoms with Gasteiger partial charge in [-0.25, -0.2) is 4.79 Å². The number of non-ortho nitro benzene ring substituents is 1. The predicted octanol–water partition coefficient (Wildman–Crippen LogP) is 4.36. The van der Waals surface area contributed by atoms with Crippen molar-refractivity contribution in [2.75, 3.05) is 0 Å². The number of carbonyl (C=O) groups is 4. The largest absolute Gasteiger partial charge is 0.460 e. The van der Waals surface area contributed by atoms with Gasteiger partial charge in [-0.3, -0.25) is 24.5 Å². The minimum absolute atomic E-state index is 0.0527. The third kappa shape index (κ3) is 11.1. The first-order valence-corrected chi connectivity index (χ1v) is 15.3. The molecule has 0 spiro atoms. The zero-order chi connectivity index (χ0) is 31.2. The first-order valence-electron chi connectivity index (χ1n) is 15.3. The Morgan fingerprint density at radius 2 is 1.55 bits per heavy atom. The van der Waals surface area contributed by atoms with E-state index in [9.17, 15) is 29.3 Å². The number of nitrogens with zero attached hydrogens (tertiary/aromatic N) is 1. The highest BCUT2D eigenvalue weighted by Crippen LogP contribution is 2.22. The Morgan fingerprint density at radius 1 is 0.905 bits per heavy atom. The van der Waals surface area contributed by atoms with E-state index in [1.165, 1.54) is 50.5 Å². The van der Waals surface area contributed by atoms with E-state index in [0.717, 1.165) is 25.7 Å². The lowest BCUT2D eigenvalue weighted by atomic mass is 9.93. The van der Waals surface area contributed by atoms with E-state index in [-0.39, 0.29) is 30.4 Å². The molecule has 2 rings (SSSR count). The van der Waals surface area contributed by atoms with Crippen molar-refractivity contribution < 1.29 is 28.8 Å². The van der Waals surface area contributed by atoms with Crippen LogP contribution in [0, 0.1) is 22.0 Å². The molecular weight excluding hydrogens is 540 g/mol. The van der Waals surface area contributed by atoms with Gasteiger partial charge in [0.1, 0.15) is 24.2 Å². The molecule has 1 aromatic rings. The van der Waals surface area contributed by atoms with Crippen LogP contribution in [0.4, 0.5) is 5.69 Å². The van der Waals surface area contributed by atoms with Gasteiger partial charge in [-0.15, -0.1) is 0 Å². The van der Waals surface area contributed by atoms with Crippen LogP contribution in [0.15, 0.2) is 24.3 Å². The molecule has 0 unspecified atom stereocenters. The monoisotopic (exact) mass is 588 g/mol. The lowest BCUT2D eigenvalue weighted by Gasteiger charge is -2.29. The van der Waals surface area contributed by atoms with Gasteiger partial charge in [0.2, 0.25) is 17.7 Å². The summed E-state index contributed by atoms with van der Waals surface area (Å²) in [5.41, 5.74) is 0.506. The summed E-state index contributed by atoms with van der Waals surface area (Å²) in [4.78, 5) is 63.5. The van der Waals surface area contributed by atoms with Crippen LogP contribution < -0.4 is 16.0 Å². The molecule has 234 valence electrons. The second-order valence-corrected chi connectivity index (χ2v) is 11.6. The molecule has 0 saturated carbocycles. The summed E-state index contributed by atoms with van der Waals surface area (Å²) in [6, 6.07) is 2.75. The van der Waals surface area contributed by atoms with Crippen molar-refractivity contribution in [2.24, 2.45) is 11.8 Å². The van der Waals surface area contributed by atoms with E-state index in [2.05, 4.69) is 22.9 Å². The molecule has 11 nitrogen and oxygen atoms in total. The molecule has 1 aliphatic heterocycles. The van der Waals surface area contributed by atoms with Gasteiger partial charge in [-0.1, -0.05) is 84.8 Å². The Morgan fingerprint density at radius 3 is 2.17 bits per heavy atom. The van der Waals surface area contributed by atoms with Gasteiger partial charge >= 0.3 is 5.97 Å². The van der Waals surface area contributed by atoms with Crippen LogP contribution in [0.25, 0.3) is 0 Å². The summed E-state index contributed by atoms with van der Waals surface area (Å²) in [5, 5.41) is 19.2. The number of nitrogens with one attached hydrogen (secondary N) is 3. The van der Waals surface area contributed by atoms with Crippen LogP contribution in [0.2, 0.25) is 0 Å². The van der Waals surface area contributed by atoms with Gasteiger partial charge in [0.05, 0.1) is 11.3 Å². The molecule has 0 aromatic heterocycles. The lowest BCUT2D eigenvalue weighted by molar-refractivity contribution is -0.384. The average molecular weight is 589 g/mol. The van der Waals surface area contributed by atoms with Crippen molar-refractivity contribution in [2.45, 2.75) is 123 Å². The maximum Gasteiger partial charge on any atom is 0.329 e. The van der Waals surface area contributed by atoms with Crippen LogP contribution in [0.5, 0.6) is 0 Å². The molecule has 0 radical (unpaired) electrons. The first kappa shape index (κ1) is 34.7. The molecule has 1 aromatic carbocycles. The van der Waals surface area contributed by atoms with Gasteiger partial charge in [0.15, 0.2) is 0 Å². The maximum atomic E-state index is 13.4. The fraction of sp³-hybridized carbons (Fsp3) is 0.677. The molecular formula is C31H48N4O7. The number of hydrogen-bond acceptors (Lipinski definition) is 7. The Kier molecular flexibility index (Phi) is 14.4.